The van der Waals surface area contributed by atoms with Gasteiger partial charge in [0.15, 0.2) is 0 Å². The van der Waals surface area contributed by atoms with Gasteiger partial charge in [-0.15, -0.1) is 0 Å². The lowest BCUT2D eigenvalue weighted by Crippen LogP contribution is -2.28. The molecule has 1 fully saturated rings. The third kappa shape index (κ3) is 4.31. The van der Waals surface area contributed by atoms with Gasteiger partial charge in [0.05, 0.1) is 0 Å². The van der Waals surface area contributed by atoms with Crippen molar-refractivity contribution in [2.75, 3.05) is 19.6 Å². The predicted molar refractivity (Wildman–Crippen MR) is 73.4 cm³/mol. The number of carbonyl (C=O) groups excluding carboxylic acids is 1. The molecule has 1 heterocycles. The van der Waals surface area contributed by atoms with E-state index in [9.17, 15) is 9.18 Å². The SMILES string of the molecule is Cc1cc(F)ccc1CCNC(=O)CC1CCNC1. The largest absolute Gasteiger partial charge is 0.356 e. The lowest BCUT2D eigenvalue weighted by molar-refractivity contribution is -0.121. The lowest BCUT2D eigenvalue weighted by Gasteiger charge is -2.10. The molecule has 0 spiro atoms. The molecule has 2 rings (SSSR count). The van der Waals surface area contributed by atoms with Crippen LogP contribution in [0.2, 0.25) is 0 Å². The van der Waals surface area contributed by atoms with E-state index in [0.717, 1.165) is 37.1 Å². The number of aryl methyl sites for hydroxylation is 1. The monoisotopic (exact) mass is 264 g/mol. The fourth-order valence-electron chi connectivity index (χ4n) is 2.50. The maximum absolute atomic E-state index is 12.9. The number of halogens is 1. The first-order valence-corrected chi connectivity index (χ1v) is 6.87. The number of nitrogens with one attached hydrogen (secondary N) is 2. The third-order valence-electron chi connectivity index (χ3n) is 3.66. The van der Waals surface area contributed by atoms with Crippen molar-refractivity contribution in [1.82, 2.24) is 10.6 Å². The van der Waals surface area contributed by atoms with Gasteiger partial charge in [-0.3, -0.25) is 4.79 Å². The Labute approximate surface area is 113 Å². The average Bonchev–Trinajstić information content (AvgIpc) is 2.84. The molecule has 0 radical (unpaired) electrons. The van der Waals surface area contributed by atoms with Crippen molar-refractivity contribution < 1.29 is 9.18 Å². The summed E-state index contributed by atoms with van der Waals surface area (Å²) in [7, 11) is 0. The Bertz CT molecular complexity index is 442. The van der Waals surface area contributed by atoms with Crippen LogP contribution in [-0.2, 0) is 11.2 Å². The first-order valence-electron chi connectivity index (χ1n) is 6.87. The second kappa shape index (κ2) is 6.66. The van der Waals surface area contributed by atoms with Gasteiger partial charge in [0, 0.05) is 13.0 Å². The smallest absolute Gasteiger partial charge is 0.220 e. The van der Waals surface area contributed by atoms with E-state index in [4.69, 9.17) is 0 Å². The molecule has 1 aliphatic heterocycles. The van der Waals surface area contributed by atoms with Crippen molar-refractivity contribution in [3.05, 3.63) is 35.1 Å². The Morgan fingerprint density at radius 3 is 3.05 bits per heavy atom. The number of hydrogen-bond donors (Lipinski definition) is 2. The van der Waals surface area contributed by atoms with Crippen LogP contribution < -0.4 is 10.6 Å². The number of hydrogen-bond acceptors (Lipinski definition) is 2. The number of rotatable bonds is 5. The molecular weight excluding hydrogens is 243 g/mol. The van der Waals surface area contributed by atoms with Crippen molar-refractivity contribution in [3.8, 4) is 0 Å². The van der Waals surface area contributed by atoms with Gasteiger partial charge in [0.2, 0.25) is 5.91 Å². The van der Waals surface area contributed by atoms with Gasteiger partial charge in [0.25, 0.3) is 0 Å². The second-order valence-electron chi connectivity index (χ2n) is 5.23. The highest BCUT2D eigenvalue weighted by molar-refractivity contribution is 5.76. The van der Waals surface area contributed by atoms with Crippen LogP contribution in [0.5, 0.6) is 0 Å². The molecule has 0 saturated carbocycles. The van der Waals surface area contributed by atoms with Gasteiger partial charge >= 0.3 is 0 Å². The van der Waals surface area contributed by atoms with Crippen molar-refractivity contribution in [2.45, 2.75) is 26.2 Å². The molecule has 1 unspecified atom stereocenters. The Hall–Kier alpha value is -1.42. The molecule has 3 nitrogen and oxygen atoms in total. The molecule has 0 bridgehead atoms. The molecule has 0 aliphatic carbocycles. The van der Waals surface area contributed by atoms with E-state index in [1.807, 2.05) is 6.92 Å². The highest BCUT2D eigenvalue weighted by Crippen LogP contribution is 2.12. The highest BCUT2D eigenvalue weighted by atomic mass is 19.1. The van der Waals surface area contributed by atoms with Crippen LogP contribution in [0.25, 0.3) is 0 Å². The van der Waals surface area contributed by atoms with Crippen LogP contribution in [0.4, 0.5) is 4.39 Å². The molecule has 4 heteroatoms. The van der Waals surface area contributed by atoms with Gasteiger partial charge in [-0.05, 0) is 62.0 Å². The minimum atomic E-state index is -0.209. The van der Waals surface area contributed by atoms with E-state index in [2.05, 4.69) is 10.6 Å². The summed E-state index contributed by atoms with van der Waals surface area (Å²) in [4.78, 5) is 11.7. The molecule has 1 aromatic carbocycles. The van der Waals surface area contributed by atoms with Gasteiger partial charge in [-0.1, -0.05) is 6.07 Å². The first kappa shape index (κ1) is 14.0. The number of amides is 1. The third-order valence-corrected chi connectivity index (χ3v) is 3.66. The molecule has 1 aromatic rings. The molecule has 104 valence electrons. The van der Waals surface area contributed by atoms with E-state index in [-0.39, 0.29) is 11.7 Å². The average molecular weight is 264 g/mol. The molecular formula is C15H21FN2O. The fraction of sp³-hybridized carbons (Fsp3) is 0.533. The van der Waals surface area contributed by atoms with Crippen LogP contribution >= 0.6 is 0 Å². The van der Waals surface area contributed by atoms with Crippen LogP contribution in [0, 0.1) is 18.7 Å². The maximum Gasteiger partial charge on any atom is 0.220 e. The van der Waals surface area contributed by atoms with Crippen molar-refractivity contribution in [1.29, 1.82) is 0 Å². The van der Waals surface area contributed by atoms with Crippen LogP contribution in [0.1, 0.15) is 24.0 Å². The number of carbonyl (C=O) groups is 1. The molecule has 1 amide bonds. The molecule has 2 N–H and O–H groups in total. The van der Waals surface area contributed by atoms with E-state index < -0.39 is 0 Å². The van der Waals surface area contributed by atoms with Gasteiger partial charge in [0.1, 0.15) is 5.82 Å². The highest BCUT2D eigenvalue weighted by Gasteiger charge is 2.17. The molecule has 1 aliphatic rings. The molecule has 19 heavy (non-hydrogen) atoms. The normalized spacial score (nSPS) is 18.5. The van der Waals surface area contributed by atoms with Crippen LogP contribution in [0.3, 0.4) is 0 Å². The summed E-state index contributed by atoms with van der Waals surface area (Å²) in [6, 6.07) is 4.79. The Morgan fingerprint density at radius 2 is 2.37 bits per heavy atom. The van der Waals surface area contributed by atoms with E-state index in [0.29, 0.717) is 18.9 Å². The minimum Gasteiger partial charge on any atom is -0.356 e. The zero-order valence-electron chi connectivity index (χ0n) is 11.3. The van der Waals surface area contributed by atoms with E-state index >= 15 is 0 Å². The summed E-state index contributed by atoms with van der Waals surface area (Å²) in [6.45, 7) is 4.48. The van der Waals surface area contributed by atoms with Gasteiger partial charge in [-0.25, -0.2) is 4.39 Å². The molecule has 1 atom stereocenters. The van der Waals surface area contributed by atoms with Gasteiger partial charge in [-0.2, -0.15) is 0 Å². The predicted octanol–water partition coefficient (Wildman–Crippen LogP) is 1.79. The maximum atomic E-state index is 12.9. The van der Waals surface area contributed by atoms with Crippen molar-refractivity contribution >= 4 is 5.91 Å². The summed E-state index contributed by atoms with van der Waals surface area (Å²) in [5, 5.41) is 6.20. The van der Waals surface area contributed by atoms with Crippen molar-refractivity contribution in [2.24, 2.45) is 5.92 Å². The first-order chi connectivity index (χ1) is 9.15. The van der Waals surface area contributed by atoms with Gasteiger partial charge < -0.3 is 10.6 Å². The molecule has 1 saturated heterocycles. The zero-order valence-corrected chi connectivity index (χ0v) is 11.3. The van der Waals surface area contributed by atoms with Crippen LogP contribution in [-0.4, -0.2) is 25.5 Å². The number of benzene rings is 1. The van der Waals surface area contributed by atoms with E-state index in [1.54, 1.807) is 6.07 Å². The topological polar surface area (TPSA) is 41.1 Å². The summed E-state index contributed by atoms with van der Waals surface area (Å²) < 4.78 is 12.9. The summed E-state index contributed by atoms with van der Waals surface area (Å²) in [5.74, 6) is 0.389. The zero-order chi connectivity index (χ0) is 13.7. The molecule has 0 aromatic heterocycles. The summed E-state index contributed by atoms with van der Waals surface area (Å²) >= 11 is 0. The van der Waals surface area contributed by atoms with E-state index in [1.165, 1.54) is 12.1 Å². The standard InChI is InChI=1S/C15H21FN2O/c1-11-8-14(16)3-2-13(11)5-7-18-15(19)9-12-4-6-17-10-12/h2-3,8,12,17H,4-7,9-10H2,1H3,(H,18,19). The minimum absolute atomic E-state index is 0.119. The Kier molecular flexibility index (Phi) is 4.91. The summed E-state index contributed by atoms with van der Waals surface area (Å²) in [6.07, 6.45) is 2.45. The Morgan fingerprint density at radius 1 is 1.53 bits per heavy atom. The quantitative estimate of drug-likeness (QED) is 0.851. The second-order valence-corrected chi connectivity index (χ2v) is 5.23. The fourth-order valence-corrected chi connectivity index (χ4v) is 2.50. The Balaban J connectivity index is 1.72. The van der Waals surface area contributed by atoms with Crippen LogP contribution in [0.15, 0.2) is 18.2 Å². The lowest BCUT2D eigenvalue weighted by atomic mass is 10.0. The van der Waals surface area contributed by atoms with Crippen molar-refractivity contribution in [3.63, 3.8) is 0 Å². The summed E-state index contributed by atoms with van der Waals surface area (Å²) in [5.41, 5.74) is 2.03.